The second-order valence-corrected chi connectivity index (χ2v) is 9.31. The zero-order valence-corrected chi connectivity index (χ0v) is 19.4. The van der Waals surface area contributed by atoms with Gasteiger partial charge in [-0.3, -0.25) is 4.79 Å². The van der Waals surface area contributed by atoms with Gasteiger partial charge in [-0.25, -0.2) is 9.50 Å². The van der Waals surface area contributed by atoms with Crippen LogP contribution in [0.3, 0.4) is 0 Å². The summed E-state index contributed by atoms with van der Waals surface area (Å²) in [4.78, 5) is 17.6. The highest BCUT2D eigenvalue weighted by molar-refractivity contribution is 6.04. The van der Waals surface area contributed by atoms with E-state index in [0.29, 0.717) is 17.0 Å². The van der Waals surface area contributed by atoms with E-state index in [1.807, 2.05) is 47.8 Å². The minimum atomic E-state index is -0.177. The number of hydrogen-bond donors (Lipinski definition) is 1. The van der Waals surface area contributed by atoms with E-state index >= 15 is 0 Å². The van der Waals surface area contributed by atoms with Crippen molar-refractivity contribution in [2.24, 2.45) is 0 Å². The number of benzene rings is 2. The summed E-state index contributed by atoms with van der Waals surface area (Å²) in [6, 6.07) is 20.0. The molecule has 1 amide bonds. The summed E-state index contributed by atoms with van der Waals surface area (Å²) in [6.07, 6.45) is 2.11. The largest absolute Gasteiger partial charge is 0.306 e. The first-order valence-electron chi connectivity index (χ1n) is 11.1. The number of fused-ring (bicyclic) bond motifs is 1. The first-order chi connectivity index (χ1) is 15.2. The fourth-order valence-corrected chi connectivity index (χ4v) is 3.84. The molecule has 0 saturated heterocycles. The number of nitrogens with zero attached hydrogens (tertiary/aromatic N) is 3. The average Bonchev–Trinajstić information content (AvgIpc) is 3.13. The van der Waals surface area contributed by atoms with Gasteiger partial charge < -0.3 is 5.32 Å². The number of carbonyl (C=O) groups excluding carboxylic acids is 1. The molecule has 2 aromatic heterocycles. The Kier molecular flexibility index (Phi) is 5.83. The normalized spacial score (nSPS) is 11.7. The summed E-state index contributed by atoms with van der Waals surface area (Å²) in [5.41, 5.74) is 6.67. The number of aryl methyl sites for hydroxylation is 2. The lowest BCUT2D eigenvalue weighted by Gasteiger charge is -2.19. The van der Waals surface area contributed by atoms with Crippen molar-refractivity contribution < 1.29 is 4.79 Å². The maximum atomic E-state index is 12.9. The molecule has 32 heavy (non-hydrogen) atoms. The van der Waals surface area contributed by atoms with Crippen LogP contribution in [-0.2, 0) is 11.8 Å². The molecule has 0 aliphatic rings. The molecule has 5 heteroatoms. The number of rotatable bonds is 5. The molecular formula is C27H30N4O. The average molecular weight is 427 g/mol. The standard InChI is InChI=1S/C27H30N4O/c1-6-8-19-9-7-10-21(16-19)23-17-24(28-25-15-18(2)30-31(23)25)29-26(32)20-11-13-22(14-12-20)27(3,4)5/h7,9-17H,6,8H2,1-5H3,(H,28,29,32). The Morgan fingerprint density at radius 3 is 2.47 bits per heavy atom. The molecular weight excluding hydrogens is 396 g/mol. The predicted octanol–water partition coefficient (Wildman–Crippen LogP) is 6.21. The van der Waals surface area contributed by atoms with Crippen molar-refractivity contribution in [3.63, 3.8) is 0 Å². The summed E-state index contributed by atoms with van der Waals surface area (Å²) in [6.45, 7) is 10.6. The molecule has 0 aliphatic heterocycles. The predicted molar refractivity (Wildman–Crippen MR) is 130 cm³/mol. The molecule has 0 radical (unpaired) electrons. The van der Waals surface area contributed by atoms with Gasteiger partial charge in [0.05, 0.1) is 11.4 Å². The Morgan fingerprint density at radius 1 is 1.03 bits per heavy atom. The van der Waals surface area contributed by atoms with Gasteiger partial charge in [-0.1, -0.05) is 64.4 Å². The lowest BCUT2D eigenvalue weighted by Crippen LogP contribution is -2.15. The van der Waals surface area contributed by atoms with Gasteiger partial charge in [0.25, 0.3) is 5.91 Å². The summed E-state index contributed by atoms with van der Waals surface area (Å²) in [7, 11) is 0. The van der Waals surface area contributed by atoms with Crippen LogP contribution < -0.4 is 5.32 Å². The zero-order valence-electron chi connectivity index (χ0n) is 19.4. The van der Waals surface area contributed by atoms with Crippen LogP contribution in [0.2, 0.25) is 0 Å². The number of hydrogen-bond acceptors (Lipinski definition) is 3. The van der Waals surface area contributed by atoms with Gasteiger partial charge in [0.15, 0.2) is 5.65 Å². The van der Waals surface area contributed by atoms with E-state index in [1.54, 1.807) is 0 Å². The quantitative estimate of drug-likeness (QED) is 0.413. The van der Waals surface area contributed by atoms with Crippen LogP contribution in [0.4, 0.5) is 5.82 Å². The van der Waals surface area contributed by atoms with E-state index in [0.717, 1.165) is 29.8 Å². The number of aromatic nitrogens is 3. The van der Waals surface area contributed by atoms with Gasteiger partial charge in [0, 0.05) is 23.3 Å². The smallest absolute Gasteiger partial charge is 0.256 e. The topological polar surface area (TPSA) is 59.3 Å². The Balaban J connectivity index is 1.69. The molecule has 2 heterocycles. The number of amides is 1. The Bertz CT molecular complexity index is 1260. The zero-order chi connectivity index (χ0) is 22.9. The third-order valence-corrected chi connectivity index (χ3v) is 5.57. The molecule has 0 saturated carbocycles. The highest BCUT2D eigenvalue weighted by Crippen LogP contribution is 2.26. The third-order valence-electron chi connectivity index (χ3n) is 5.57. The van der Waals surface area contributed by atoms with Gasteiger partial charge in [-0.15, -0.1) is 0 Å². The monoisotopic (exact) mass is 426 g/mol. The second kappa shape index (κ2) is 8.58. The number of carbonyl (C=O) groups is 1. The molecule has 1 N–H and O–H groups in total. The lowest BCUT2D eigenvalue weighted by molar-refractivity contribution is 0.102. The Morgan fingerprint density at radius 2 is 1.78 bits per heavy atom. The van der Waals surface area contributed by atoms with Crippen molar-refractivity contribution >= 4 is 17.4 Å². The van der Waals surface area contributed by atoms with Crippen LogP contribution in [0, 0.1) is 6.92 Å². The molecule has 0 atom stereocenters. The van der Waals surface area contributed by atoms with E-state index in [1.165, 1.54) is 11.1 Å². The van der Waals surface area contributed by atoms with Crippen molar-refractivity contribution in [3.8, 4) is 11.3 Å². The maximum Gasteiger partial charge on any atom is 0.256 e. The fourth-order valence-electron chi connectivity index (χ4n) is 3.84. The summed E-state index contributed by atoms with van der Waals surface area (Å²) < 4.78 is 1.84. The van der Waals surface area contributed by atoms with Crippen LogP contribution in [0.5, 0.6) is 0 Å². The van der Waals surface area contributed by atoms with Crippen LogP contribution in [-0.4, -0.2) is 20.5 Å². The SMILES string of the molecule is CCCc1cccc(-c2cc(NC(=O)c3ccc(C(C)(C)C)cc3)nc3cc(C)nn23)c1. The third kappa shape index (κ3) is 4.57. The number of anilines is 1. The van der Waals surface area contributed by atoms with Gasteiger partial charge in [-0.05, 0) is 48.1 Å². The van der Waals surface area contributed by atoms with Crippen LogP contribution in [0.15, 0.2) is 60.7 Å². The molecule has 0 spiro atoms. The van der Waals surface area contributed by atoms with Crippen LogP contribution in [0.1, 0.15) is 61.3 Å². The lowest BCUT2D eigenvalue weighted by atomic mass is 9.87. The van der Waals surface area contributed by atoms with Crippen molar-refractivity contribution in [1.82, 2.24) is 14.6 Å². The van der Waals surface area contributed by atoms with Crippen LogP contribution >= 0.6 is 0 Å². The molecule has 2 aromatic carbocycles. The molecule has 164 valence electrons. The summed E-state index contributed by atoms with van der Waals surface area (Å²) >= 11 is 0. The first kappa shape index (κ1) is 21.8. The van der Waals surface area contributed by atoms with Crippen LogP contribution in [0.25, 0.3) is 16.9 Å². The fraction of sp³-hybridized carbons (Fsp3) is 0.296. The van der Waals surface area contributed by atoms with E-state index in [4.69, 9.17) is 0 Å². The maximum absolute atomic E-state index is 12.9. The molecule has 0 aliphatic carbocycles. The van der Waals surface area contributed by atoms with E-state index in [-0.39, 0.29) is 11.3 Å². The van der Waals surface area contributed by atoms with Gasteiger partial charge >= 0.3 is 0 Å². The van der Waals surface area contributed by atoms with Crippen molar-refractivity contribution in [2.75, 3.05) is 5.32 Å². The van der Waals surface area contributed by atoms with Gasteiger partial charge in [0.2, 0.25) is 0 Å². The van der Waals surface area contributed by atoms with Gasteiger partial charge in [-0.2, -0.15) is 5.10 Å². The highest BCUT2D eigenvalue weighted by atomic mass is 16.1. The van der Waals surface area contributed by atoms with E-state index in [2.05, 4.69) is 67.4 Å². The van der Waals surface area contributed by atoms with Gasteiger partial charge in [0.1, 0.15) is 5.82 Å². The highest BCUT2D eigenvalue weighted by Gasteiger charge is 2.16. The molecule has 0 fully saturated rings. The molecule has 4 aromatic rings. The van der Waals surface area contributed by atoms with E-state index < -0.39 is 0 Å². The Labute approximate surface area is 189 Å². The van der Waals surface area contributed by atoms with Crippen molar-refractivity contribution in [2.45, 2.75) is 52.9 Å². The molecule has 5 nitrogen and oxygen atoms in total. The minimum absolute atomic E-state index is 0.0443. The van der Waals surface area contributed by atoms with Crippen molar-refractivity contribution in [3.05, 3.63) is 83.0 Å². The molecule has 0 bridgehead atoms. The van der Waals surface area contributed by atoms with E-state index in [9.17, 15) is 4.79 Å². The summed E-state index contributed by atoms with van der Waals surface area (Å²) in [5.74, 6) is 0.336. The summed E-state index contributed by atoms with van der Waals surface area (Å²) in [5, 5.41) is 7.59. The molecule has 0 unspecified atom stereocenters. The molecule has 4 rings (SSSR count). The minimum Gasteiger partial charge on any atom is -0.306 e. The number of nitrogens with one attached hydrogen (secondary N) is 1. The Hall–Kier alpha value is -3.47. The van der Waals surface area contributed by atoms with Crippen molar-refractivity contribution in [1.29, 1.82) is 0 Å². The second-order valence-electron chi connectivity index (χ2n) is 9.31. The first-order valence-corrected chi connectivity index (χ1v) is 11.1.